The summed E-state index contributed by atoms with van der Waals surface area (Å²) < 4.78 is 5.55. The monoisotopic (exact) mass is 430 g/mol. The number of carbonyl (C=O) groups excluding carboxylic acids is 2. The number of aromatic nitrogens is 1. The van der Waals surface area contributed by atoms with Crippen molar-refractivity contribution in [2.75, 3.05) is 31.6 Å². The van der Waals surface area contributed by atoms with Crippen LogP contribution in [0.4, 0.5) is 5.13 Å². The van der Waals surface area contributed by atoms with Crippen LogP contribution >= 0.6 is 11.3 Å². The topological polar surface area (TPSA) is 83.6 Å². The third kappa shape index (κ3) is 6.81. The highest BCUT2D eigenvalue weighted by molar-refractivity contribution is 7.13. The Balaban J connectivity index is 1.63. The molecule has 1 unspecified atom stereocenters. The summed E-state index contributed by atoms with van der Waals surface area (Å²) in [4.78, 5) is 31.6. The standard InChI is InChI=1S/C22H30N4O3S/c1-2-3-11-23-22-25-19(16-30-22)21(28)26(14-17-8-5-4-6-9-17)15-20(27)24-13-18-10-7-12-29-18/h4-6,8-9,16,18H,2-3,7,10-15H2,1H3,(H,23,25)(H,24,27). The lowest BCUT2D eigenvalue weighted by molar-refractivity contribution is -0.122. The van der Waals surface area contributed by atoms with Gasteiger partial charge in [0.2, 0.25) is 5.91 Å². The molecule has 7 nitrogen and oxygen atoms in total. The van der Waals surface area contributed by atoms with Crippen molar-refractivity contribution in [3.8, 4) is 0 Å². The molecular formula is C22H30N4O3S. The van der Waals surface area contributed by atoms with Crippen molar-refractivity contribution >= 4 is 28.3 Å². The van der Waals surface area contributed by atoms with Gasteiger partial charge in [-0.1, -0.05) is 43.7 Å². The minimum absolute atomic E-state index is 0.0173. The van der Waals surface area contributed by atoms with Crippen LogP contribution in [0.5, 0.6) is 0 Å². The second-order valence-electron chi connectivity index (χ2n) is 7.40. The first kappa shape index (κ1) is 22.2. The van der Waals surface area contributed by atoms with Crippen molar-refractivity contribution in [3.63, 3.8) is 0 Å². The Bertz CT molecular complexity index is 806. The van der Waals surface area contributed by atoms with Crippen LogP contribution < -0.4 is 10.6 Å². The van der Waals surface area contributed by atoms with Crippen LogP contribution in [0.25, 0.3) is 0 Å². The first-order valence-electron chi connectivity index (χ1n) is 10.6. The molecule has 2 N–H and O–H groups in total. The van der Waals surface area contributed by atoms with Gasteiger partial charge in [-0.15, -0.1) is 11.3 Å². The molecule has 0 radical (unpaired) electrons. The van der Waals surface area contributed by atoms with Crippen molar-refractivity contribution in [2.24, 2.45) is 0 Å². The Morgan fingerprint density at radius 1 is 1.30 bits per heavy atom. The molecular weight excluding hydrogens is 400 g/mol. The summed E-state index contributed by atoms with van der Waals surface area (Å²) in [6.45, 7) is 4.52. The Morgan fingerprint density at radius 3 is 2.87 bits per heavy atom. The maximum absolute atomic E-state index is 13.1. The van der Waals surface area contributed by atoms with Crippen LogP contribution in [-0.4, -0.2) is 54.0 Å². The van der Waals surface area contributed by atoms with Gasteiger partial charge in [0.25, 0.3) is 5.91 Å². The van der Waals surface area contributed by atoms with Gasteiger partial charge in [-0.05, 0) is 24.8 Å². The van der Waals surface area contributed by atoms with Gasteiger partial charge in [0.1, 0.15) is 12.2 Å². The number of nitrogens with zero attached hydrogens (tertiary/aromatic N) is 2. The number of anilines is 1. The second-order valence-corrected chi connectivity index (χ2v) is 8.26. The number of hydrogen-bond acceptors (Lipinski definition) is 6. The summed E-state index contributed by atoms with van der Waals surface area (Å²) >= 11 is 1.41. The Kier molecular flexibility index (Phi) is 8.65. The number of ether oxygens (including phenoxy) is 1. The predicted octanol–water partition coefficient (Wildman–Crippen LogP) is 3.29. The fourth-order valence-electron chi connectivity index (χ4n) is 3.25. The molecule has 1 aliphatic rings. The van der Waals surface area contributed by atoms with E-state index in [1.807, 2.05) is 30.3 Å². The van der Waals surface area contributed by atoms with E-state index in [1.165, 1.54) is 11.3 Å². The molecule has 30 heavy (non-hydrogen) atoms. The Labute approximate surface area is 181 Å². The van der Waals surface area contributed by atoms with Crippen molar-refractivity contribution in [3.05, 3.63) is 47.0 Å². The number of carbonyl (C=O) groups is 2. The van der Waals surface area contributed by atoms with Crippen LogP contribution in [0, 0.1) is 0 Å². The average molecular weight is 431 g/mol. The number of unbranched alkanes of at least 4 members (excludes halogenated alkanes) is 1. The first-order chi connectivity index (χ1) is 14.7. The highest BCUT2D eigenvalue weighted by Gasteiger charge is 2.23. The maximum Gasteiger partial charge on any atom is 0.274 e. The van der Waals surface area contributed by atoms with Gasteiger partial charge in [-0.2, -0.15) is 0 Å². The molecule has 1 aromatic carbocycles. The second kappa shape index (κ2) is 11.7. The van der Waals surface area contributed by atoms with E-state index in [-0.39, 0.29) is 24.5 Å². The molecule has 0 spiro atoms. The SMILES string of the molecule is CCCCNc1nc(C(=O)N(CC(=O)NCC2CCCO2)Cc2ccccc2)cs1. The van der Waals surface area contributed by atoms with Gasteiger partial charge < -0.3 is 20.3 Å². The molecule has 1 aromatic heterocycles. The molecule has 0 bridgehead atoms. The zero-order valence-electron chi connectivity index (χ0n) is 17.4. The lowest BCUT2D eigenvalue weighted by atomic mass is 10.2. The van der Waals surface area contributed by atoms with Gasteiger partial charge in [0.05, 0.1) is 6.10 Å². The fourth-order valence-corrected chi connectivity index (χ4v) is 3.97. The van der Waals surface area contributed by atoms with Gasteiger partial charge in [0.15, 0.2) is 5.13 Å². The molecule has 0 saturated carbocycles. The highest BCUT2D eigenvalue weighted by atomic mass is 32.1. The molecule has 2 aromatic rings. The van der Waals surface area contributed by atoms with E-state index in [4.69, 9.17) is 4.74 Å². The third-order valence-corrected chi connectivity index (χ3v) is 5.72. The predicted molar refractivity (Wildman–Crippen MR) is 119 cm³/mol. The van der Waals surface area contributed by atoms with Crippen molar-refractivity contribution in [2.45, 2.75) is 45.3 Å². The Morgan fingerprint density at radius 2 is 2.13 bits per heavy atom. The highest BCUT2D eigenvalue weighted by Crippen LogP contribution is 2.18. The molecule has 2 heterocycles. The summed E-state index contributed by atoms with van der Waals surface area (Å²) in [5, 5.41) is 8.62. The minimum atomic E-state index is -0.245. The molecule has 2 amide bonds. The van der Waals surface area contributed by atoms with Gasteiger partial charge >= 0.3 is 0 Å². The quantitative estimate of drug-likeness (QED) is 0.535. The largest absolute Gasteiger partial charge is 0.376 e. The molecule has 8 heteroatoms. The summed E-state index contributed by atoms with van der Waals surface area (Å²) in [6.07, 6.45) is 4.20. The van der Waals surface area contributed by atoms with Crippen molar-refractivity contribution in [1.82, 2.24) is 15.2 Å². The summed E-state index contributed by atoms with van der Waals surface area (Å²) in [5.41, 5.74) is 1.33. The van der Waals surface area contributed by atoms with Crippen LogP contribution in [-0.2, 0) is 16.1 Å². The Hall–Kier alpha value is -2.45. The molecule has 1 saturated heterocycles. The molecule has 3 rings (SSSR count). The van der Waals surface area contributed by atoms with E-state index in [0.29, 0.717) is 18.8 Å². The zero-order valence-corrected chi connectivity index (χ0v) is 18.2. The normalized spacial score (nSPS) is 15.7. The van der Waals surface area contributed by atoms with E-state index >= 15 is 0 Å². The number of rotatable bonds is 11. The average Bonchev–Trinajstić information content (AvgIpc) is 3.44. The molecule has 1 fully saturated rings. The number of amides is 2. The van der Waals surface area contributed by atoms with E-state index < -0.39 is 0 Å². The number of nitrogens with one attached hydrogen (secondary N) is 2. The van der Waals surface area contributed by atoms with Crippen molar-refractivity contribution in [1.29, 1.82) is 0 Å². The fraction of sp³-hybridized carbons (Fsp3) is 0.500. The van der Waals surface area contributed by atoms with E-state index in [0.717, 1.165) is 49.5 Å². The number of benzene rings is 1. The van der Waals surface area contributed by atoms with Crippen LogP contribution in [0.3, 0.4) is 0 Å². The lowest BCUT2D eigenvalue weighted by Crippen LogP contribution is -2.42. The van der Waals surface area contributed by atoms with Gasteiger partial charge in [0, 0.05) is 31.6 Å². The van der Waals surface area contributed by atoms with Gasteiger partial charge in [-0.3, -0.25) is 9.59 Å². The molecule has 1 atom stereocenters. The van der Waals surface area contributed by atoms with E-state index in [1.54, 1.807) is 10.3 Å². The minimum Gasteiger partial charge on any atom is -0.376 e. The van der Waals surface area contributed by atoms with E-state index in [2.05, 4.69) is 22.5 Å². The summed E-state index contributed by atoms with van der Waals surface area (Å²) in [5.74, 6) is -0.433. The summed E-state index contributed by atoms with van der Waals surface area (Å²) in [7, 11) is 0. The summed E-state index contributed by atoms with van der Waals surface area (Å²) in [6, 6.07) is 9.67. The maximum atomic E-state index is 13.1. The lowest BCUT2D eigenvalue weighted by Gasteiger charge is -2.22. The molecule has 162 valence electrons. The van der Waals surface area contributed by atoms with Crippen LogP contribution in [0.2, 0.25) is 0 Å². The third-order valence-electron chi connectivity index (χ3n) is 4.92. The number of hydrogen-bond donors (Lipinski definition) is 2. The van der Waals surface area contributed by atoms with Gasteiger partial charge in [-0.25, -0.2) is 4.98 Å². The van der Waals surface area contributed by atoms with Crippen LogP contribution in [0.15, 0.2) is 35.7 Å². The molecule has 0 aliphatic carbocycles. The van der Waals surface area contributed by atoms with Crippen molar-refractivity contribution < 1.29 is 14.3 Å². The van der Waals surface area contributed by atoms with E-state index in [9.17, 15) is 9.59 Å². The smallest absolute Gasteiger partial charge is 0.274 e. The van der Waals surface area contributed by atoms with Crippen LogP contribution in [0.1, 0.15) is 48.7 Å². The first-order valence-corrected chi connectivity index (χ1v) is 11.4. The zero-order chi connectivity index (χ0) is 21.2. The molecule has 1 aliphatic heterocycles. The number of thiazole rings is 1.